The van der Waals surface area contributed by atoms with Gasteiger partial charge in [-0.2, -0.15) is 0 Å². The Morgan fingerprint density at radius 1 is 1.05 bits per heavy atom. The molecule has 0 aromatic heterocycles. The molecular weight excluding hydrogens is 236 g/mol. The second-order valence-electron chi connectivity index (χ2n) is 4.93. The highest BCUT2D eigenvalue weighted by Crippen LogP contribution is 2.20. The Hall–Kier alpha value is -1.31. The number of para-hydroxylation sites is 1. The molecule has 1 aromatic carbocycles. The van der Waals surface area contributed by atoms with Crippen molar-refractivity contribution < 1.29 is 9.53 Å². The van der Waals surface area contributed by atoms with Crippen molar-refractivity contribution in [2.45, 2.75) is 58.3 Å². The Bertz CT molecular complexity index is 347. The molecule has 0 aliphatic carbocycles. The van der Waals surface area contributed by atoms with E-state index in [1.54, 1.807) is 0 Å². The molecule has 1 rings (SSSR count). The molecule has 0 amide bonds. The van der Waals surface area contributed by atoms with Crippen LogP contribution in [0.5, 0.6) is 5.75 Å². The topological polar surface area (TPSA) is 26.3 Å². The Morgan fingerprint density at radius 2 is 1.79 bits per heavy atom. The molecule has 0 saturated heterocycles. The van der Waals surface area contributed by atoms with E-state index < -0.39 is 0 Å². The van der Waals surface area contributed by atoms with Crippen LogP contribution in [-0.4, -0.2) is 12.9 Å². The summed E-state index contributed by atoms with van der Waals surface area (Å²) in [5.41, 5.74) is 1.27. The fourth-order valence-electron chi connectivity index (χ4n) is 2.16. The Labute approximate surface area is 117 Å². The Morgan fingerprint density at radius 3 is 2.58 bits per heavy atom. The summed E-state index contributed by atoms with van der Waals surface area (Å²) in [6.07, 6.45) is 10.3. The lowest BCUT2D eigenvalue weighted by Crippen LogP contribution is -2.00. The Balaban J connectivity index is 2.29. The molecule has 0 aliphatic heterocycles. The van der Waals surface area contributed by atoms with Crippen LogP contribution in [0.3, 0.4) is 0 Å². The van der Waals surface area contributed by atoms with Crippen molar-refractivity contribution in [3.05, 3.63) is 29.8 Å². The average molecular weight is 262 g/mol. The van der Waals surface area contributed by atoms with Crippen LogP contribution in [0.1, 0.15) is 57.4 Å². The van der Waals surface area contributed by atoms with Gasteiger partial charge in [0.05, 0.1) is 6.61 Å². The van der Waals surface area contributed by atoms with Gasteiger partial charge >= 0.3 is 0 Å². The summed E-state index contributed by atoms with van der Waals surface area (Å²) in [4.78, 5) is 10.3. The van der Waals surface area contributed by atoms with Crippen molar-refractivity contribution in [1.82, 2.24) is 0 Å². The maximum absolute atomic E-state index is 10.3. The first-order valence-electron chi connectivity index (χ1n) is 7.52. The number of benzene rings is 1. The van der Waals surface area contributed by atoms with E-state index in [1.807, 2.05) is 12.1 Å². The normalized spacial score (nSPS) is 10.4. The molecule has 0 atom stereocenters. The molecule has 0 heterocycles. The maximum Gasteiger partial charge on any atom is 0.123 e. The summed E-state index contributed by atoms with van der Waals surface area (Å²) in [6.45, 7) is 2.73. The molecule has 0 N–H and O–H groups in total. The van der Waals surface area contributed by atoms with Gasteiger partial charge in [0, 0.05) is 6.42 Å². The zero-order valence-corrected chi connectivity index (χ0v) is 12.1. The van der Waals surface area contributed by atoms with E-state index in [2.05, 4.69) is 19.1 Å². The van der Waals surface area contributed by atoms with Gasteiger partial charge in [0.1, 0.15) is 12.0 Å². The van der Waals surface area contributed by atoms with Crippen molar-refractivity contribution in [1.29, 1.82) is 0 Å². The SMILES string of the molecule is CCCCCCCCc1ccccc1OCCC=O. The summed E-state index contributed by atoms with van der Waals surface area (Å²) in [7, 11) is 0. The van der Waals surface area contributed by atoms with E-state index in [9.17, 15) is 4.79 Å². The highest BCUT2D eigenvalue weighted by Gasteiger charge is 2.02. The fraction of sp³-hybridized carbons (Fsp3) is 0.588. The lowest BCUT2D eigenvalue weighted by atomic mass is 10.0. The molecule has 0 aliphatic rings. The highest BCUT2D eigenvalue weighted by molar-refractivity contribution is 5.49. The predicted octanol–water partition coefficient (Wildman–Crippen LogP) is 4.56. The van der Waals surface area contributed by atoms with E-state index in [-0.39, 0.29) is 0 Å². The summed E-state index contributed by atoms with van der Waals surface area (Å²) in [6, 6.07) is 8.17. The number of hydrogen-bond acceptors (Lipinski definition) is 2. The van der Waals surface area contributed by atoms with Crippen molar-refractivity contribution >= 4 is 6.29 Å². The first-order chi connectivity index (χ1) is 9.38. The van der Waals surface area contributed by atoms with Crippen LogP contribution in [0.25, 0.3) is 0 Å². The molecule has 0 radical (unpaired) electrons. The largest absolute Gasteiger partial charge is 0.493 e. The molecule has 0 fully saturated rings. The molecule has 2 heteroatoms. The molecule has 0 saturated carbocycles. The van der Waals surface area contributed by atoms with Gasteiger partial charge < -0.3 is 9.53 Å². The summed E-state index contributed by atoms with van der Waals surface area (Å²) >= 11 is 0. The van der Waals surface area contributed by atoms with E-state index in [4.69, 9.17) is 4.74 Å². The monoisotopic (exact) mass is 262 g/mol. The lowest BCUT2D eigenvalue weighted by molar-refractivity contribution is -0.108. The van der Waals surface area contributed by atoms with Gasteiger partial charge in [-0.25, -0.2) is 0 Å². The van der Waals surface area contributed by atoms with E-state index in [0.29, 0.717) is 13.0 Å². The molecule has 0 spiro atoms. The zero-order valence-electron chi connectivity index (χ0n) is 12.1. The third-order valence-corrected chi connectivity index (χ3v) is 3.27. The molecule has 0 unspecified atom stereocenters. The predicted molar refractivity (Wildman–Crippen MR) is 79.7 cm³/mol. The second kappa shape index (κ2) is 10.6. The van der Waals surface area contributed by atoms with Crippen molar-refractivity contribution in [3.63, 3.8) is 0 Å². The van der Waals surface area contributed by atoms with Crippen molar-refractivity contribution in [2.24, 2.45) is 0 Å². The van der Waals surface area contributed by atoms with Gasteiger partial charge in [-0.15, -0.1) is 0 Å². The molecule has 0 bridgehead atoms. The van der Waals surface area contributed by atoms with Crippen LogP contribution in [0.2, 0.25) is 0 Å². The van der Waals surface area contributed by atoms with Crippen LogP contribution >= 0.6 is 0 Å². The van der Waals surface area contributed by atoms with E-state index in [1.165, 1.54) is 44.1 Å². The number of carbonyl (C=O) groups excluding carboxylic acids is 1. The first kappa shape index (κ1) is 15.7. The highest BCUT2D eigenvalue weighted by atomic mass is 16.5. The standard InChI is InChI=1S/C17H26O2/c1-2-3-4-5-6-7-11-16-12-8-9-13-17(16)19-15-10-14-18/h8-9,12-14H,2-7,10-11,15H2,1H3. The molecular formula is C17H26O2. The summed E-state index contributed by atoms with van der Waals surface area (Å²) in [5.74, 6) is 0.943. The molecule has 1 aromatic rings. The summed E-state index contributed by atoms with van der Waals surface area (Å²) < 4.78 is 5.64. The van der Waals surface area contributed by atoms with Crippen LogP contribution in [0, 0.1) is 0 Å². The third kappa shape index (κ3) is 7.00. The number of carbonyl (C=O) groups is 1. The van der Waals surface area contributed by atoms with Gasteiger partial charge in [-0.05, 0) is 24.5 Å². The zero-order chi connectivity index (χ0) is 13.8. The van der Waals surface area contributed by atoms with Gasteiger partial charge in [0.25, 0.3) is 0 Å². The number of rotatable bonds is 11. The van der Waals surface area contributed by atoms with Gasteiger partial charge in [0.15, 0.2) is 0 Å². The second-order valence-corrected chi connectivity index (χ2v) is 4.93. The minimum Gasteiger partial charge on any atom is -0.493 e. The Kier molecular flexibility index (Phi) is 8.78. The number of aryl methyl sites for hydroxylation is 1. The number of unbranched alkanes of at least 4 members (excludes halogenated alkanes) is 5. The third-order valence-electron chi connectivity index (χ3n) is 3.27. The van der Waals surface area contributed by atoms with Gasteiger partial charge in [0.2, 0.25) is 0 Å². The molecule has 2 nitrogen and oxygen atoms in total. The van der Waals surface area contributed by atoms with Crippen LogP contribution in [0.15, 0.2) is 24.3 Å². The van der Waals surface area contributed by atoms with Crippen molar-refractivity contribution in [3.8, 4) is 5.75 Å². The van der Waals surface area contributed by atoms with E-state index in [0.717, 1.165) is 18.5 Å². The first-order valence-corrected chi connectivity index (χ1v) is 7.52. The van der Waals surface area contributed by atoms with Crippen molar-refractivity contribution in [2.75, 3.05) is 6.61 Å². The number of aldehydes is 1. The fourth-order valence-corrected chi connectivity index (χ4v) is 2.16. The van der Waals surface area contributed by atoms with Crippen LogP contribution in [-0.2, 0) is 11.2 Å². The molecule has 19 heavy (non-hydrogen) atoms. The maximum atomic E-state index is 10.3. The van der Waals surface area contributed by atoms with Gasteiger partial charge in [-0.1, -0.05) is 57.2 Å². The van der Waals surface area contributed by atoms with Crippen LogP contribution < -0.4 is 4.74 Å². The number of ether oxygens (including phenoxy) is 1. The van der Waals surface area contributed by atoms with Crippen LogP contribution in [0.4, 0.5) is 0 Å². The van der Waals surface area contributed by atoms with E-state index >= 15 is 0 Å². The quantitative estimate of drug-likeness (QED) is 0.432. The smallest absolute Gasteiger partial charge is 0.123 e. The number of hydrogen-bond donors (Lipinski definition) is 0. The minimum absolute atomic E-state index is 0.464. The average Bonchev–Trinajstić information content (AvgIpc) is 2.44. The lowest BCUT2D eigenvalue weighted by Gasteiger charge is -2.10. The van der Waals surface area contributed by atoms with Gasteiger partial charge in [-0.3, -0.25) is 0 Å². The summed E-state index contributed by atoms with van der Waals surface area (Å²) in [5, 5.41) is 0. The minimum atomic E-state index is 0.464. The molecule has 106 valence electrons.